The first-order valence-corrected chi connectivity index (χ1v) is 5.42. The van der Waals surface area contributed by atoms with Crippen LogP contribution in [0.2, 0.25) is 0 Å². The zero-order chi connectivity index (χ0) is 11.6. The molecule has 0 aliphatic carbocycles. The molecule has 0 aromatic heterocycles. The number of aryl methyl sites for hydroxylation is 1. The average molecular weight is 207 g/mol. The molecule has 0 spiro atoms. The van der Waals surface area contributed by atoms with E-state index in [1.807, 2.05) is 6.92 Å². The van der Waals surface area contributed by atoms with Gasteiger partial charge in [0.15, 0.2) is 0 Å². The molecular formula is C13H21NO. The van der Waals surface area contributed by atoms with Crippen molar-refractivity contribution >= 4 is 0 Å². The van der Waals surface area contributed by atoms with Gasteiger partial charge in [-0.2, -0.15) is 0 Å². The Hall–Kier alpha value is -1.02. The number of hydrogen-bond donors (Lipinski definition) is 1. The molecule has 1 unspecified atom stereocenters. The second-order valence-electron chi connectivity index (χ2n) is 4.36. The van der Waals surface area contributed by atoms with Crippen molar-refractivity contribution in [3.05, 3.63) is 28.8 Å². The first kappa shape index (κ1) is 12.1. The van der Waals surface area contributed by atoms with Crippen molar-refractivity contribution in [1.29, 1.82) is 0 Å². The molecule has 0 heterocycles. The van der Waals surface area contributed by atoms with Crippen molar-refractivity contribution in [2.45, 2.75) is 39.7 Å². The third-order valence-electron chi connectivity index (χ3n) is 2.70. The van der Waals surface area contributed by atoms with Gasteiger partial charge in [-0.05, 0) is 30.9 Å². The summed E-state index contributed by atoms with van der Waals surface area (Å²) in [6.07, 6.45) is 0. The number of benzene rings is 1. The van der Waals surface area contributed by atoms with E-state index in [-0.39, 0.29) is 6.04 Å². The molecule has 15 heavy (non-hydrogen) atoms. The molecule has 0 bridgehead atoms. The van der Waals surface area contributed by atoms with E-state index >= 15 is 0 Å². The van der Waals surface area contributed by atoms with Crippen LogP contribution >= 0.6 is 0 Å². The van der Waals surface area contributed by atoms with Crippen LogP contribution in [-0.2, 0) is 0 Å². The van der Waals surface area contributed by atoms with Crippen LogP contribution in [0.5, 0.6) is 5.75 Å². The molecule has 0 aliphatic heterocycles. The summed E-state index contributed by atoms with van der Waals surface area (Å²) in [5.74, 6) is 1.42. The van der Waals surface area contributed by atoms with Crippen molar-refractivity contribution in [1.82, 2.24) is 0 Å². The van der Waals surface area contributed by atoms with Crippen LogP contribution in [0.4, 0.5) is 0 Å². The SMILES string of the molecule is COc1c(C)ccc(C(C)N)c1C(C)C. The Morgan fingerprint density at radius 1 is 1.20 bits per heavy atom. The van der Waals surface area contributed by atoms with E-state index in [9.17, 15) is 0 Å². The lowest BCUT2D eigenvalue weighted by Gasteiger charge is -2.20. The Kier molecular flexibility index (Phi) is 3.75. The van der Waals surface area contributed by atoms with Crippen molar-refractivity contribution in [3.63, 3.8) is 0 Å². The fraction of sp³-hybridized carbons (Fsp3) is 0.538. The highest BCUT2D eigenvalue weighted by Crippen LogP contribution is 2.35. The highest BCUT2D eigenvalue weighted by atomic mass is 16.5. The van der Waals surface area contributed by atoms with E-state index in [1.54, 1.807) is 7.11 Å². The Bertz CT molecular complexity index is 343. The van der Waals surface area contributed by atoms with E-state index in [2.05, 4.69) is 32.9 Å². The molecule has 2 nitrogen and oxygen atoms in total. The predicted molar refractivity (Wildman–Crippen MR) is 64.4 cm³/mol. The van der Waals surface area contributed by atoms with E-state index < -0.39 is 0 Å². The maximum atomic E-state index is 5.97. The smallest absolute Gasteiger partial charge is 0.125 e. The molecule has 84 valence electrons. The van der Waals surface area contributed by atoms with E-state index in [0.717, 1.165) is 5.75 Å². The lowest BCUT2D eigenvalue weighted by Crippen LogP contribution is -2.11. The molecule has 2 heteroatoms. The van der Waals surface area contributed by atoms with Gasteiger partial charge in [0.2, 0.25) is 0 Å². The van der Waals surface area contributed by atoms with Gasteiger partial charge in [-0.25, -0.2) is 0 Å². The van der Waals surface area contributed by atoms with Crippen molar-refractivity contribution in [3.8, 4) is 5.75 Å². The first-order valence-electron chi connectivity index (χ1n) is 5.42. The molecule has 0 saturated heterocycles. The Balaban J connectivity index is 3.42. The lowest BCUT2D eigenvalue weighted by atomic mass is 9.91. The van der Waals surface area contributed by atoms with Crippen molar-refractivity contribution in [2.75, 3.05) is 7.11 Å². The van der Waals surface area contributed by atoms with Gasteiger partial charge in [-0.3, -0.25) is 0 Å². The summed E-state index contributed by atoms with van der Waals surface area (Å²) in [7, 11) is 1.72. The van der Waals surface area contributed by atoms with Crippen LogP contribution in [0, 0.1) is 6.92 Å². The van der Waals surface area contributed by atoms with Gasteiger partial charge in [-0.15, -0.1) is 0 Å². The molecule has 0 radical (unpaired) electrons. The highest BCUT2D eigenvalue weighted by molar-refractivity contribution is 5.48. The Labute approximate surface area is 92.4 Å². The summed E-state index contributed by atoms with van der Waals surface area (Å²) in [4.78, 5) is 0. The van der Waals surface area contributed by atoms with Crippen LogP contribution in [0.25, 0.3) is 0 Å². The summed E-state index contributed by atoms with van der Waals surface area (Å²) in [6, 6.07) is 4.23. The third-order valence-corrected chi connectivity index (χ3v) is 2.70. The summed E-state index contributed by atoms with van der Waals surface area (Å²) in [6.45, 7) is 8.41. The number of nitrogens with two attached hydrogens (primary N) is 1. The zero-order valence-electron chi connectivity index (χ0n) is 10.3. The predicted octanol–water partition coefficient (Wildman–Crippen LogP) is 3.15. The monoisotopic (exact) mass is 207 g/mol. The fourth-order valence-electron chi connectivity index (χ4n) is 1.99. The third kappa shape index (κ3) is 2.32. The molecule has 1 aromatic rings. The Morgan fingerprint density at radius 3 is 2.20 bits per heavy atom. The zero-order valence-corrected chi connectivity index (χ0v) is 10.3. The molecule has 1 aromatic carbocycles. The lowest BCUT2D eigenvalue weighted by molar-refractivity contribution is 0.403. The minimum Gasteiger partial charge on any atom is -0.496 e. The summed E-state index contributed by atoms with van der Waals surface area (Å²) < 4.78 is 5.47. The second-order valence-corrected chi connectivity index (χ2v) is 4.36. The largest absolute Gasteiger partial charge is 0.496 e. The van der Waals surface area contributed by atoms with Gasteiger partial charge in [0.05, 0.1) is 7.11 Å². The standard InChI is InChI=1S/C13H21NO/c1-8(2)12-11(10(4)14)7-6-9(3)13(12)15-5/h6-8,10H,14H2,1-5H3. The van der Waals surface area contributed by atoms with Crippen LogP contribution in [0.3, 0.4) is 0 Å². The van der Waals surface area contributed by atoms with Crippen LogP contribution in [0.1, 0.15) is 49.4 Å². The quantitative estimate of drug-likeness (QED) is 0.826. The van der Waals surface area contributed by atoms with Crippen LogP contribution in [0.15, 0.2) is 12.1 Å². The average Bonchev–Trinajstić information content (AvgIpc) is 2.16. The first-order chi connectivity index (χ1) is 6.99. The number of rotatable bonds is 3. The van der Waals surface area contributed by atoms with Gasteiger partial charge < -0.3 is 10.5 Å². The van der Waals surface area contributed by atoms with Crippen molar-refractivity contribution < 1.29 is 4.74 Å². The minimum absolute atomic E-state index is 0.0527. The molecule has 0 fully saturated rings. The highest BCUT2D eigenvalue weighted by Gasteiger charge is 2.16. The van der Waals surface area contributed by atoms with Crippen molar-refractivity contribution in [2.24, 2.45) is 5.73 Å². The molecule has 0 amide bonds. The van der Waals surface area contributed by atoms with E-state index in [1.165, 1.54) is 16.7 Å². The molecule has 0 saturated carbocycles. The maximum Gasteiger partial charge on any atom is 0.125 e. The molecule has 1 rings (SSSR count). The number of ether oxygens (including phenoxy) is 1. The fourth-order valence-corrected chi connectivity index (χ4v) is 1.99. The molecule has 1 atom stereocenters. The van der Waals surface area contributed by atoms with Gasteiger partial charge in [0.25, 0.3) is 0 Å². The molecule has 2 N–H and O–H groups in total. The number of hydrogen-bond acceptors (Lipinski definition) is 2. The number of methoxy groups -OCH3 is 1. The van der Waals surface area contributed by atoms with Crippen LogP contribution in [-0.4, -0.2) is 7.11 Å². The van der Waals surface area contributed by atoms with Crippen LogP contribution < -0.4 is 10.5 Å². The normalized spacial score (nSPS) is 13.0. The summed E-state index contributed by atoms with van der Waals surface area (Å²) in [5, 5.41) is 0. The van der Waals surface area contributed by atoms with Gasteiger partial charge in [0, 0.05) is 11.6 Å². The van der Waals surface area contributed by atoms with Gasteiger partial charge in [0.1, 0.15) is 5.75 Å². The van der Waals surface area contributed by atoms with Gasteiger partial charge in [-0.1, -0.05) is 26.0 Å². The maximum absolute atomic E-state index is 5.97. The summed E-state index contributed by atoms with van der Waals surface area (Å²) in [5.41, 5.74) is 9.57. The Morgan fingerprint density at radius 2 is 1.80 bits per heavy atom. The minimum atomic E-state index is 0.0527. The van der Waals surface area contributed by atoms with Gasteiger partial charge >= 0.3 is 0 Å². The molecule has 0 aliphatic rings. The van der Waals surface area contributed by atoms with E-state index in [4.69, 9.17) is 10.5 Å². The van der Waals surface area contributed by atoms with E-state index in [0.29, 0.717) is 5.92 Å². The molecular weight excluding hydrogens is 186 g/mol. The summed E-state index contributed by atoms with van der Waals surface area (Å²) >= 11 is 0. The second kappa shape index (κ2) is 4.67. The topological polar surface area (TPSA) is 35.2 Å².